The van der Waals surface area contributed by atoms with Gasteiger partial charge in [-0.3, -0.25) is 0 Å². The third-order valence-electron chi connectivity index (χ3n) is 25.1. The second-order valence-corrected chi connectivity index (χ2v) is 32.7. The van der Waals surface area contributed by atoms with Gasteiger partial charge in [0.1, 0.15) is 0 Å². The molecule has 0 saturated carbocycles. The first-order valence-corrected chi connectivity index (χ1v) is 43.3. The topological polar surface area (TPSA) is 103 Å². The van der Waals surface area contributed by atoms with Gasteiger partial charge in [-0.15, -0.1) is 0 Å². The summed E-state index contributed by atoms with van der Waals surface area (Å²) in [5.41, 5.74) is 26.6. The van der Waals surface area contributed by atoms with E-state index >= 15 is 0 Å². The third kappa shape index (κ3) is 13.4. The van der Waals surface area contributed by atoms with Gasteiger partial charge in [-0.25, -0.2) is 39.9 Å². The summed E-state index contributed by atoms with van der Waals surface area (Å²) in [4.78, 5) is 41.3. The van der Waals surface area contributed by atoms with Crippen LogP contribution in [0.2, 0.25) is 0 Å². The lowest BCUT2D eigenvalue weighted by atomic mass is 9.90. The molecule has 0 spiro atoms. The van der Waals surface area contributed by atoms with Crippen LogP contribution in [0.1, 0.15) is 0 Å². The minimum absolute atomic E-state index is 0.723. The predicted octanol–water partition coefficient (Wildman–Crippen LogP) is 31.4. The van der Waals surface area contributed by atoms with Crippen molar-refractivity contribution < 1.29 is 0 Å². The van der Waals surface area contributed by atoms with Gasteiger partial charge < -0.3 is 0 Å². The Bertz CT molecular complexity index is 8830. The molecular weight excluding hydrogens is 1550 g/mol. The Morgan fingerprint density at radius 2 is 0.453 bits per heavy atom. The molecular formula is C120H74N8. The van der Waals surface area contributed by atoms with Crippen molar-refractivity contribution >= 4 is 152 Å². The summed E-state index contributed by atoms with van der Waals surface area (Å²) in [7, 11) is 0. The maximum atomic E-state index is 5.39. The number of hydrogen-bond acceptors (Lipinski definition) is 8. The summed E-state index contributed by atoms with van der Waals surface area (Å²) in [5, 5.41) is 22.4. The normalized spacial score (nSPS) is 11.6. The highest BCUT2D eigenvalue weighted by Gasteiger charge is 2.23. The molecule has 0 unspecified atom stereocenters. The molecule has 0 aliphatic heterocycles. The second kappa shape index (κ2) is 31.6. The van der Waals surface area contributed by atoms with Crippen LogP contribution in [0.4, 0.5) is 0 Å². The van der Waals surface area contributed by atoms with Crippen molar-refractivity contribution in [2.45, 2.75) is 0 Å². The largest absolute Gasteiger partial charge is 0.248 e. The molecule has 0 N–H and O–H groups in total. The molecule has 128 heavy (non-hydrogen) atoms. The fraction of sp³-hybridized carbons (Fsp3) is 0. The van der Waals surface area contributed by atoms with Gasteiger partial charge in [0, 0.05) is 98.2 Å². The molecule has 0 atom stereocenters. The van der Waals surface area contributed by atoms with Gasteiger partial charge >= 0.3 is 0 Å². The van der Waals surface area contributed by atoms with Crippen molar-refractivity contribution in [2.75, 3.05) is 0 Å². The third-order valence-corrected chi connectivity index (χ3v) is 25.1. The molecule has 0 fully saturated rings. The van der Waals surface area contributed by atoms with Crippen molar-refractivity contribution in [3.63, 3.8) is 0 Å². The maximum Gasteiger partial charge on any atom is 0.160 e. The lowest BCUT2D eigenvalue weighted by Crippen LogP contribution is -2.01. The lowest BCUT2D eigenvalue weighted by molar-refractivity contribution is 1.22. The van der Waals surface area contributed by atoms with Crippen molar-refractivity contribution in [3.05, 3.63) is 449 Å². The van der Waals surface area contributed by atoms with Gasteiger partial charge in [0.25, 0.3) is 0 Å². The smallest absolute Gasteiger partial charge is 0.160 e. The highest BCUT2D eigenvalue weighted by Crippen LogP contribution is 2.45. The van der Waals surface area contributed by atoms with E-state index in [1.165, 1.54) is 103 Å². The summed E-state index contributed by atoms with van der Waals surface area (Å²) in [6.45, 7) is 0. The van der Waals surface area contributed by atoms with Gasteiger partial charge in [-0.2, -0.15) is 0 Å². The molecule has 8 nitrogen and oxygen atoms in total. The summed E-state index contributed by atoms with van der Waals surface area (Å²) in [6, 6.07) is 158. The number of nitrogens with zero attached hydrogens (tertiary/aromatic N) is 8. The zero-order chi connectivity index (χ0) is 84.5. The summed E-state index contributed by atoms with van der Waals surface area (Å²) in [5.74, 6) is 0.723. The quantitative estimate of drug-likeness (QED) is 0.104. The van der Waals surface area contributed by atoms with E-state index in [4.69, 9.17) is 39.9 Å². The van der Waals surface area contributed by atoms with Gasteiger partial charge in [-0.1, -0.05) is 388 Å². The van der Waals surface area contributed by atoms with Crippen LogP contribution in [0, 0.1) is 0 Å². The Morgan fingerprint density at radius 3 is 0.945 bits per heavy atom. The van der Waals surface area contributed by atoms with E-state index in [1.54, 1.807) is 0 Å². The molecule has 0 saturated heterocycles. The number of hydrogen-bond donors (Lipinski definition) is 0. The average Bonchev–Trinajstić information content (AvgIpc) is 0.720. The number of para-hydroxylation sites is 3. The van der Waals surface area contributed by atoms with Crippen LogP contribution in [0.25, 0.3) is 253 Å². The zero-order valence-electron chi connectivity index (χ0n) is 69.3. The van der Waals surface area contributed by atoms with Gasteiger partial charge in [0.05, 0.1) is 78.1 Å². The molecule has 594 valence electrons. The average molecular weight is 1630 g/mol. The van der Waals surface area contributed by atoms with Gasteiger partial charge in [0.15, 0.2) is 5.82 Å². The number of rotatable bonds is 9. The van der Waals surface area contributed by atoms with Crippen LogP contribution in [-0.4, -0.2) is 39.9 Å². The maximum absolute atomic E-state index is 5.39. The van der Waals surface area contributed by atoms with E-state index in [-0.39, 0.29) is 0 Å². The molecule has 26 aromatic rings. The molecule has 6 heterocycles. The Balaban J connectivity index is 0.000000107. The zero-order valence-corrected chi connectivity index (χ0v) is 69.3. The minimum Gasteiger partial charge on any atom is -0.248 e. The first-order chi connectivity index (χ1) is 63.4. The van der Waals surface area contributed by atoms with E-state index in [2.05, 4.69) is 358 Å². The monoisotopic (exact) mass is 1630 g/mol. The standard InChI is InChI=1S/C44H26N2.C39H25N3.C37H23N3/c1-4-12-32-27(9-1)21-23-36-42(37-24-22-28-10-2-5-13-33(28)44(37)46-43(32)36)30-19-17-29(18-20-30)38-26-41-39(35-15-7-6-14-34(35)38)25-31-11-3-8-16-40(31)45-41;1-4-13-27(14-5-1)36-37(28-15-6-2-7-16-28)42-39(38(41-36)29-17-8-3-9-18-29)31-21-20-30-24-33-32-19-11-10-12-26(32)22-23-34(33)40-35(30)25-31;1-2-10-25(11-3-1)36-30-15-7-9-17-34(30)39-37(40-36)26-20-18-24(19-21-26)31-23-35-32(29-14-6-5-13-28(29)31)22-27-12-4-8-16-33(27)38-35/h1-26H;1-25H;1-23H. The molecule has 26 rings (SSSR count). The second-order valence-electron chi connectivity index (χ2n) is 32.7. The Labute approximate surface area is 736 Å². The number of aromatic nitrogens is 8. The van der Waals surface area contributed by atoms with Crippen LogP contribution in [0.15, 0.2) is 449 Å². The molecule has 0 radical (unpaired) electrons. The fourth-order valence-electron chi connectivity index (χ4n) is 18.8. The highest BCUT2D eigenvalue weighted by atomic mass is 14.9. The van der Waals surface area contributed by atoms with Crippen LogP contribution in [0.3, 0.4) is 0 Å². The van der Waals surface area contributed by atoms with E-state index in [1.807, 2.05) is 91.0 Å². The molecule has 20 aromatic carbocycles. The molecule has 0 aliphatic rings. The lowest BCUT2D eigenvalue weighted by Gasteiger charge is -2.16. The minimum atomic E-state index is 0.723. The molecule has 0 bridgehead atoms. The van der Waals surface area contributed by atoms with Crippen LogP contribution in [-0.2, 0) is 0 Å². The summed E-state index contributed by atoms with van der Waals surface area (Å²) >= 11 is 0. The van der Waals surface area contributed by atoms with Gasteiger partial charge in [-0.05, 0) is 132 Å². The van der Waals surface area contributed by atoms with E-state index < -0.39 is 0 Å². The predicted molar refractivity (Wildman–Crippen MR) is 536 cm³/mol. The molecule has 0 aliphatic carbocycles. The number of pyridine rings is 4. The summed E-state index contributed by atoms with van der Waals surface area (Å²) in [6.07, 6.45) is 0. The Hall–Kier alpha value is -17.2. The summed E-state index contributed by atoms with van der Waals surface area (Å²) < 4.78 is 0. The highest BCUT2D eigenvalue weighted by molar-refractivity contribution is 6.22. The van der Waals surface area contributed by atoms with Crippen LogP contribution in [0.5, 0.6) is 0 Å². The Morgan fingerprint density at radius 1 is 0.125 bits per heavy atom. The van der Waals surface area contributed by atoms with Gasteiger partial charge in [0.2, 0.25) is 0 Å². The molecule has 0 amide bonds. The van der Waals surface area contributed by atoms with Crippen LogP contribution >= 0.6 is 0 Å². The molecule has 8 heteroatoms. The Kier molecular flexibility index (Phi) is 18.4. The van der Waals surface area contributed by atoms with E-state index in [0.29, 0.717) is 0 Å². The van der Waals surface area contributed by atoms with Crippen molar-refractivity contribution in [1.29, 1.82) is 0 Å². The number of benzene rings is 20. The number of fused-ring (bicyclic) bond motifs is 19. The van der Waals surface area contributed by atoms with E-state index in [0.717, 1.165) is 150 Å². The van der Waals surface area contributed by atoms with E-state index in [9.17, 15) is 0 Å². The van der Waals surface area contributed by atoms with Crippen LogP contribution < -0.4 is 0 Å². The molecule has 6 aromatic heterocycles. The first-order valence-electron chi connectivity index (χ1n) is 43.3. The fourth-order valence-corrected chi connectivity index (χ4v) is 18.8. The van der Waals surface area contributed by atoms with Crippen molar-refractivity contribution in [1.82, 2.24) is 39.9 Å². The first kappa shape index (κ1) is 74.6. The van der Waals surface area contributed by atoms with Crippen molar-refractivity contribution in [3.8, 4) is 101 Å². The van der Waals surface area contributed by atoms with Crippen molar-refractivity contribution in [2.24, 2.45) is 0 Å². The SMILES string of the molecule is c1ccc(-c2nc(-c3ccc(-c4cc5nc6ccccc6cc5c5ccccc45)cc3)nc3ccccc23)cc1.c1ccc(-c2nc(-c3ccccc3)c(-c3ccc4cc5c(ccc6ccccc65)nc4c3)nc2-c2ccccc2)cc1.c1ccc2nc3cc(-c4ccc(-c5c6ccc7ccccc7c6nc6c5ccc5ccccc56)cc4)c4ccccc4c3cc2c1.